The predicted molar refractivity (Wildman–Crippen MR) is 83.0 cm³/mol. The second-order valence-electron chi connectivity index (χ2n) is 6.08. The van der Waals surface area contributed by atoms with Crippen molar-refractivity contribution in [1.29, 1.82) is 0 Å². The maximum Gasteiger partial charge on any atom is 0.178 e. The zero-order valence-corrected chi connectivity index (χ0v) is 12.6. The number of nitrogens with zero attached hydrogens (tertiary/aromatic N) is 1. The molecule has 1 aliphatic carbocycles. The van der Waals surface area contributed by atoms with E-state index < -0.39 is 0 Å². The van der Waals surface area contributed by atoms with Gasteiger partial charge in [-0.3, -0.25) is 0 Å². The second kappa shape index (κ2) is 5.12. The van der Waals surface area contributed by atoms with Crippen molar-refractivity contribution < 1.29 is 0 Å². The molecule has 3 heteroatoms. The van der Waals surface area contributed by atoms with Crippen molar-refractivity contribution >= 4 is 23.3 Å². The van der Waals surface area contributed by atoms with Gasteiger partial charge < -0.3 is 9.55 Å². The van der Waals surface area contributed by atoms with E-state index in [0.717, 1.165) is 23.2 Å². The van der Waals surface area contributed by atoms with Crippen LogP contribution in [0.3, 0.4) is 0 Å². The quantitative estimate of drug-likeness (QED) is 0.778. The number of hydrogen-bond donors (Lipinski definition) is 1. The average molecular weight is 274 g/mol. The van der Waals surface area contributed by atoms with Crippen molar-refractivity contribution in [1.82, 2.24) is 9.55 Å². The molecule has 19 heavy (non-hydrogen) atoms. The lowest BCUT2D eigenvalue weighted by atomic mass is 9.80. The van der Waals surface area contributed by atoms with Crippen LogP contribution in [-0.2, 0) is 6.54 Å². The van der Waals surface area contributed by atoms with Crippen LogP contribution in [0.25, 0.3) is 11.0 Å². The summed E-state index contributed by atoms with van der Waals surface area (Å²) in [6.07, 6.45) is 5.50. The minimum Gasteiger partial charge on any atom is -0.331 e. The lowest BCUT2D eigenvalue weighted by Crippen LogP contribution is -2.22. The van der Waals surface area contributed by atoms with E-state index in [1.54, 1.807) is 0 Å². The molecule has 0 bridgehead atoms. The van der Waals surface area contributed by atoms with Crippen molar-refractivity contribution in [3.05, 3.63) is 28.5 Å². The molecule has 0 spiro atoms. The lowest BCUT2D eigenvalue weighted by Gasteiger charge is -2.29. The van der Waals surface area contributed by atoms with E-state index in [4.69, 9.17) is 12.2 Å². The number of imidazole rings is 1. The zero-order chi connectivity index (χ0) is 13.4. The van der Waals surface area contributed by atoms with Crippen LogP contribution in [0.2, 0.25) is 0 Å². The Bertz CT molecular complexity index is 638. The number of aromatic nitrogens is 2. The Kier molecular flexibility index (Phi) is 3.48. The fourth-order valence-electron chi connectivity index (χ4n) is 3.34. The Morgan fingerprint density at radius 1 is 1.32 bits per heavy atom. The summed E-state index contributed by atoms with van der Waals surface area (Å²) in [7, 11) is 0. The zero-order valence-electron chi connectivity index (χ0n) is 11.8. The van der Waals surface area contributed by atoms with Gasteiger partial charge in [0.25, 0.3) is 0 Å². The summed E-state index contributed by atoms with van der Waals surface area (Å²) >= 11 is 5.51. The third-order valence-corrected chi connectivity index (χ3v) is 4.96. The highest BCUT2D eigenvalue weighted by Gasteiger charge is 2.22. The van der Waals surface area contributed by atoms with Gasteiger partial charge in [-0.15, -0.1) is 0 Å². The summed E-state index contributed by atoms with van der Waals surface area (Å²) < 4.78 is 3.18. The Labute approximate surface area is 119 Å². The molecule has 1 aliphatic rings. The largest absolute Gasteiger partial charge is 0.331 e. The van der Waals surface area contributed by atoms with Gasteiger partial charge in [0.15, 0.2) is 4.77 Å². The average Bonchev–Trinajstić information content (AvgIpc) is 2.69. The van der Waals surface area contributed by atoms with E-state index in [1.165, 1.54) is 42.3 Å². The topological polar surface area (TPSA) is 20.7 Å². The highest BCUT2D eigenvalue weighted by Crippen LogP contribution is 2.31. The van der Waals surface area contributed by atoms with Gasteiger partial charge >= 0.3 is 0 Å². The molecule has 0 saturated heterocycles. The van der Waals surface area contributed by atoms with Gasteiger partial charge in [-0.25, -0.2) is 0 Å². The molecule has 0 amide bonds. The summed E-state index contributed by atoms with van der Waals surface area (Å²) in [5.41, 5.74) is 3.73. The number of H-pyrrole nitrogens is 1. The molecule has 0 radical (unpaired) electrons. The van der Waals surface area contributed by atoms with Crippen LogP contribution < -0.4 is 0 Å². The van der Waals surface area contributed by atoms with Gasteiger partial charge in [0.05, 0.1) is 11.0 Å². The molecule has 102 valence electrons. The molecular weight excluding hydrogens is 252 g/mol. The van der Waals surface area contributed by atoms with Crippen LogP contribution in [0.15, 0.2) is 18.2 Å². The first kappa shape index (κ1) is 12.9. The van der Waals surface area contributed by atoms with Crippen molar-refractivity contribution in [3.8, 4) is 0 Å². The van der Waals surface area contributed by atoms with Crippen molar-refractivity contribution in [3.63, 3.8) is 0 Å². The van der Waals surface area contributed by atoms with E-state index in [2.05, 4.69) is 41.6 Å². The fraction of sp³-hybridized carbons (Fsp3) is 0.562. The molecule has 1 fully saturated rings. The third-order valence-electron chi connectivity index (χ3n) is 4.64. The van der Waals surface area contributed by atoms with E-state index in [0.29, 0.717) is 0 Å². The Balaban J connectivity index is 1.97. The molecule has 2 unspecified atom stereocenters. The highest BCUT2D eigenvalue weighted by atomic mass is 32.1. The van der Waals surface area contributed by atoms with Crippen molar-refractivity contribution in [2.45, 2.75) is 46.1 Å². The number of aromatic amines is 1. The van der Waals surface area contributed by atoms with Gasteiger partial charge in [-0.05, 0) is 55.1 Å². The lowest BCUT2D eigenvalue weighted by molar-refractivity contribution is 0.230. The predicted octanol–water partition coefficient (Wildman–Crippen LogP) is 4.83. The summed E-state index contributed by atoms with van der Waals surface area (Å²) in [5, 5.41) is 0. The minimum atomic E-state index is 0.778. The first-order valence-electron chi connectivity index (χ1n) is 7.34. The van der Waals surface area contributed by atoms with Gasteiger partial charge in [-0.2, -0.15) is 0 Å². The fourth-order valence-corrected chi connectivity index (χ4v) is 3.63. The van der Waals surface area contributed by atoms with Crippen LogP contribution in [0, 0.1) is 23.5 Å². The SMILES string of the molecule is Cc1ccc2[nH]c(=S)n(CC3CCCCC3C)c2c1. The van der Waals surface area contributed by atoms with Crippen LogP contribution in [0.5, 0.6) is 0 Å². The molecule has 1 saturated carbocycles. The maximum atomic E-state index is 5.51. The number of aryl methyl sites for hydroxylation is 1. The molecule has 2 aromatic rings. The Morgan fingerprint density at radius 3 is 2.89 bits per heavy atom. The number of fused-ring (bicyclic) bond motifs is 1. The molecule has 1 aromatic heterocycles. The molecule has 1 heterocycles. The molecule has 2 atom stereocenters. The van der Waals surface area contributed by atoms with Gasteiger partial charge in [-0.1, -0.05) is 32.3 Å². The van der Waals surface area contributed by atoms with Gasteiger partial charge in [0, 0.05) is 6.54 Å². The first-order valence-corrected chi connectivity index (χ1v) is 7.75. The number of benzene rings is 1. The highest BCUT2D eigenvalue weighted by molar-refractivity contribution is 7.71. The van der Waals surface area contributed by atoms with Crippen LogP contribution in [-0.4, -0.2) is 9.55 Å². The smallest absolute Gasteiger partial charge is 0.178 e. The van der Waals surface area contributed by atoms with Crippen LogP contribution >= 0.6 is 12.2 Å². The molecule has 0 aliphatic heterocycles. The van der Waals surface area contributed by atoms with E-state index in [-0.39, 0.29) is 0 Å². The summed E-state index contributed by atoms with van der Waals surface area (Å²) in [4.78, 5) is 3.34. The molecular formula is C16H22N2S. The van der Waals surface area contributed by atoms with Gasteiger partial charge in [0.1, 0.15) is 0 Å². The Morgan fingerprint density at radius 2 is 2.11 bits per heavy atom. The van der Waals surface area contributed by atoms with Crippen LogP contribution in [0.4, 0.5) is 0 Å². The number of hydrogen-bond acceptors (Lipinski definition) is 1. The molecule has 3 rings (SSSR count). The monoisotopic (exact) mass is 274 g/mol. The number of nitrogens with one attached hydrogen (secondary N) is 1. The van der Waals surface area contributed by atoms with Crippen molar-refractivity contribution in [2.75, 3.05) is 0 Å². The minimum absolute atomic E-state index is 0.778. The van der Waals surface area contributed by atoms with Crippen LogP contribution in [0.1, 0.15) is 38.2 Å². The summed E-state index contributed by atoms with van der Waals surface area (Å²) in [6.45, 7) is 5.61. The summed E-state index contributed by atoms with van der Waals surface area (Å²) in [6, 6.07) is 6.53. The summed E-state index contributed by atoms with van der Waals surface area (Å²) in [5.74, 6) is 1.60. The third kappa shape index (κ3) is 2.48. The molecule has 1 N–H and O–H groups in total. The van der Waals surface area contributed by atoms with Crippen molar-refractivity contribution in [2.24, 2.45) is 11.8 Å². The second-order valence-corrected chi connectivity index (χ2v) is 6.47. The first-order chi connectivity index (χ1) is 9.15. The van der Waals surface area contributed by atoms with E-state index in [9.17, 15) is 0 Å². The maximum absolute atomic E-state index is 5.51. The molecule has 1 aromatic carbocycles. The normalized spacial score (nSPS) is 23.9. The van der Waals surface area contributed by atoms with E-state index in [1.807, 2.05) is 0 Å². The van der Waals surface area contributed by atoms with E-state index >= 15 is 0 Å². The molecule has 2 nitrogen and oxygen atoms in total. The van der Waals surface area contributed by atoms with Gasteiger partial charge in [0.2, 0.25) is 0 Å². The standard InChI is InChI=1S/C16H22N2S/c1-11-7-8-14-15(9-11)18(16(19)17-14)10-13-6-4-3-5-12(13)2/h7-9,12-13H,3-6,10H2,1-2H3,(H,17,19). The Hall–Kier alpha value is -1.09. The number of rotatable bonds is 2.